The van der Waals surface area contributed by atoms with Gasteiger partial charge in [0, 0.05) is 15.4 Å². The number of benzene rings is 1. The van der Waals surface area contributed by atoms with E-state index in [0.29, 0.717) is 5.65 Å². The van der Waals surface area contributed by atoms with Gasteiger partial charge in [-0.1, -0.05) is 33.8 Å². The summed E-state index contributed by atoms with van der Waals surface area (Å²) >= 11 is 5.12. The largest absolute Gasteiger partial charge is 0.341 e. The number of fused-ring (bicyclic) bond motifs is 1. The molecule has 3 N–H and O–H groups in total. The molecule has 7 heteroatoms. The Morgan fingerprint density at radius 1 is 1.30 bits per heavy atom. The number of nitrogens with two attached hydrogens (primary N) is 1. The van der Waals surface area contributed by atoms with E-state index in [-0.39, 0.29) is 6.04 Å². The number of rotatable bonds is 3. The molecule has 0 amide bonds. The second-order valence-corrected chi connectivity index (χ2v) is 6.27. The van der Waals surface area contributed by atoms with Crippen LogP contribution in [0.1, 0.15) is 18.5 Å². The van der Waals surface area contributed by atoms with Crippen molar-refractivity contribution in [1.29, 1.82) is 0 Å². The van der Waals surface area contributed by atoms with Crippen LogP contribution in [0.2, 0.25) is 0 Å². The van der Waals surface area contributed by atoms with Crippen LogP contribution in [0.15, 0.2) is 45.2 Å². The smallest absolute Gasteiger partial charge is 0.181 e. The van der Waals surface area contributed by atoms with E-state index in [0.717, 1.165) is 25.5 Å². The fourth-order valence-electron chi connectivity index (χ4n) is 1.87. The topological polar surface area (TPSA) is 80.5 Å². The van der Waals surface area contributed by atoms with Crippen LogP contribution in [-0.2, 0) is 0 Å². The number of nitrogens with one attached hydrogen (secondary N) is 1. The first-order valence-electron chi connectivity index (χ1n) is 6.02. The number of aromatic amines is 1. The Hall–Kier alpha value is -1.44. The molecule has 3 aromatic rings. The van der Waals surface area contributed by atoms with E-state index in [2.05, 4.69) is 35.9 Å². The van der Waals surface area contributed by atoms with E-state index < -0.39 is 0 Å². The number of hydrogen-bond acceptors (Lipinski definition) is 5. The Morgan fingerprint density at radius 2 is 2.15 bits per heavy atom. The second kappa shape index (κ2) is 5.51. The van der Waals surface area contributed by atoms with Crippen molar-refractivity contribution >= 4 is 38.9 Å². The van der Waals surface area contributed by atoms with Crippen LogP contribution in [0.4, 0.5) is 0 Å². The molecule has 1 atom stereocenters. The summed E-state index contributed by atoms with van der Waals surface area (Å²) < 4.78 is 1.01. The third-order valence-electron chi connectivity index (χ3n) is 2.87. The van der Waals surface area contributed by atoms with Gasteiger partial charge in [0.25, 0.3) is 0 Å². The molecule has 3 rings (SSSR count). The fraction of sp³-hybridized carbons (Fsp3) is 0.154. The molecule has 102 valence electrons. The zero-order chi connectivity index (χ0) is 14.1. The molecule has 0 aliphatic rings. The van der Waals surface area contributed by atoms with Gasteiger partial charge in [0.2, 0.25) is 0 Å². The number of halogens is 1. The first-order valence-corrected chi connectivity index (χ1v) is 7.63. The monoisotopic (exact) mass is 349 g/mol. The molecule has 1 unspecified atom stereocenters. The minimum absolute atomic E-state index is 0.00166. The molecule has 0 saturated carbocycles. The van der Waals surface area contributed by atoms with Crippen molar-refractivity contribution in [2.24, 2.45) is 5.73 Å². The first kappa shape index (κ1) is 13.5. The lowest BCUT2D eigenvalue weighted by Gasteiger charge is -2.10. The molecule has 1 aromatic carbocycles. The number of nitrogens with zero attached hydrogens (tertiary/aromatic N) is 3. The normalized spacial score (nSPS) is 12.8. The third-order valence-corrected chi connectivity index (χ3v) is 4.54. The second-order valence-electron chi connectivity index (χ2n) is 4.35. The van der Waals surface area contributed by atoms with Crippen molar-refractivity contribution in [3.63, 3.8) is 0 Å². The van der Waals surface area contributed by atoms with E-state index in [1.807, 2.05) is 25.1 Å². The van der Waals surface area contributed by atoms with Gasteiger partial charge in [-0.05, 0) is 24.6 Å². The summed E-state index contributed by atoms with van der Waals surface area (Å²) in [5, 5.41) is 0.855. The molecule has 0 aliphatic heterocycles. The van der Waals surface area contributed by atoms with Crippen molar-refractivity contribution in [2.45, 2.75) is 22.9 Å². The van der Waals surface area contributed by atoms with E-state index in [4.69, 9.17) is 5.73 Å². The number of H-pyrrole nitrogens is 1. The average molecular weight is 350 g/mol. The molecular weight excluding hydrogens is 338 g/mol. The van der Waals surface area contributed by atoms with Crippen LogP contribution in [-0.4, -0.2) is 19.9 Å². The fourth-order valence-corrected chi connectivity index (χ4v) is 3.65. The van der Waals surface area contributed by atoms with Crippen molar-refractivity contribution < 1.29 is 0 Å². The van der Waals surface area contributed by atoms with E-state index in [1.54, 1.807) is 18.1 Å². The lowest BCUT2D eigenvalue weighted by molar-refractivity contribution is 0.811. The van der Waals surface area contributed by atoms with Gasteiger partial charge in [-0.3, -0.25) is 0 Å². The number of hydrogen-bond donors (Lipinski definition) is 2. The molecule has 0 fully saturated rings. The van der Waals surface area contributed by atoms with Crippen molar-refractivity contribution in [2.75, 3.05) is 0 Å². The van der Waals surface area contributed by atoms with Crippen LogP contribution >= 0.6 is 27.7 Å². The minimum Gasteiger partial charge on any atom is -0.341 e. The maximum absolute atomic E-state index is 5.91. The van der Waals surface area contributed by atoms with Crippen LogP contribution in [0.5, 0.6) is 0 Å². The Labute approximate surface area is 128 Å². The van der Waals surface area contributed by atoms with E-state index in [9.17, 15) is 0 Å². The highest BCUT2D eigenvalue weighted by atomic mass is 79.9. The molecular formula is C13H12BrN5S. The summed E-state index contributed by atoms with van der Waals surface area (Å²) in [4.78, 5) is 16.7. The lowest BCUT2D eigenvalue weighted by atomic mass is 10.1. The highest BCUT2D eigenvalue weighted by molar-refractivity contribution is 9.10. The summed E-state index contributed by atoms with van der Waals surface area (Å²) in [7, 11) is 0. The van der Waals surface area contributed by atoms with Crippen LogP contribution in [0.25, 0.3) is 11.2 Å². The minimum atomic E-state index is 0.00166. The van der Waals surface area contributed by atoms with Gasteiger partial charge in [0.15, 0.2) is 5.65 Å². The van der Waals surface area contributed by atoms with Gasteiger partial charge in [0.1, 0.15) is 16.9 Å². The third kappa shape index (κ3) is 2.56. The SMILES string of the molecule is CC(N)c1ccc(Sc2ncnc3nc[nH]c23)cc1Br. The predicted molar refractivity (Wildman–Crippen MR) is 82.6 cm³/mol. The van der Waals surface area contributed by atoms with Crippen LogP contribution in [0, 0.1) is 0 Å². The van der Waals surface area contributed by atoms with Crippen molar-refractivity contribution in [3.8, 4) is 0 Å². The van der Waals surface area contributed by atoms with Gasteiger partial charge in [-0.2, -0.15) is 0 Å². The van der Waals surface area contributed by atoms with Gasteiger partial charge in [-0.25, -0.2) is 15.0 Å². The standard InChI is InChI=1S/C13H12BrN5S/c1-7(15)9-3-2-8(4-10(9)14)20-13-11-12(17-5-16-11)18-6-19-13/h2-7H,15H2,1H3,(H,16,17,18,19). The molecule has 0 aliphatic carbocycles. The molecule has 5 nitrogen and oxygen atoms in total. The number of imidazole rings is 1. The molecule has 0 radical (unpaired) electrons. The summed E-state index contributed by atoms with van der Waals surface area (Å²) in [5.74, 6) is 0. The summed E-state index contributed by atoms with van der Waals surface area (Å²) in [6.07, 6.45) is 3.15. The van der Waals surface area contributed by atoms with Crippen molar-refractivity contribution in [3.05, 3.63) is 40.9 Å². The summed E-state index contributed by atoms with van der Waals surface area (Å²) in [6.45, 7) is 1.96. The maximum Gasteiger partial charge on any atom is 0.181 e. The molecule has 0 spiro atoms. The van der Waals surface area contributed by atoms with Gasteiger partial charge < -0.3 is 10.7 Å². The number of aromatic nitrogens is 4. The van der Waals surface area contributed by atoms with E-state index >= 15 is 0 Å². The molecule has 0 saturated heterocycles. The zero-order valence-electron chi connectivity index (χ0n) is 10.7. The van der Waals surface area contributed by atoms with Gasteiger partial charge >= 0.3 is 0 Å². The lowest BCUT2D eigenvalue weighted by Crippen LogP contribution is -2.05. The molecule has 0 bridgehead atoms. The molecule has 2 aromatic heterocycles. The molecule has 2 heterocycles. The van der Waals surface area contributed by atoms with E-state index in [1.165, 1.54) is 6.33 Å². The van der Waals surface area contributed by atoms with Crippen molar-refractivity contribution in [1.82, 2.24) is 19.9 Å². The zero-order valence-corrected chi connectivity index (χ0v) is 13.1. The van der Waals surface area contributed by atoms with Gasteiger partial charge in [-0.15, -0.1) is 0 Å². The summed E-state index contributed by atoms with van der Waals surface area (Å²) in [5.41, 5.74) is 8.52. The van der Waals surface area contributed by atoms with Crippen LogP contribution < -0.4 is 5.73 Å². The first-order chi connectivity index (χ1) is 9.65. The van der Waals surface area contributed by atoms with Crippen LogP contribution in [0.3, 0.4) is 0 Å². The Morgan fingerprint density at radius 3 is 2.90 bits per heavy atom. The Kier molecular flexibility index (Phi) is 3.73. The maximum atomic E-state index is 5.91. The summed E-state index contributed by atoms with van der Waals surface area (Å²) in [6, 6.07) is 6.12. The van der Waals surface area contributed by atoms with Gasteiger partial charge in [0.05, 0.1) is 6.33 Å². The highest BCUT2D eigenvalue weighted by Crippen LogP contribution is 2.33. The molecule has 20 heavy (non-hydrogen) atoms. The Bertz CT molecular complexity index is 755. The quantitative estimate of drug-likeness (QED) is 0.709. The Balaban J connectivity index is 1.95. The average Bonchev–Trinajstić information content (AvgIpc) is 2.87. The highest BCUT2D eigenvalue weighted by Gasteiger charge is 2.10. The predicted octanol–water partition coefficient (Wildman–Crippen LogP) is 3.29.